The van der Waals surface area contributed by atoms with Gasteiger partial charge in [-0.05, 0) is 32.4 Å². The molecule has 2 heterocycles. The highest BCUT2D eigenvalue weighted by atomic mass is 19.4. The van der Waals surface area contributed by atoms with Gasteiger partial charge in [-0.15, -0.1) is 0 Å². The molecule has 0 aliphatic carbocycles. The second-order valence-electron chi connectivity index (χ2n) is 10.1. The molecule has 3 aromatic rings. The molecule has 1 aliphatic heterocycles. The zero-order chi connectivity index (χ0) is 29.4. The van der Waals surface area contributed by atoms with E-state index in [4.69, 9.17) is 18.9 Å². The van der Waals surface area contributed by atoms with E-state index < -0.39 is 53.2 Å². The Hall–Kier alpha value is -3.24. The minimum absolute atomic E-state index is 0.0485. The fraction of sp³-hybridized carbons (Fsp3) is 0.433. The lowest BCUT2D eigenvalue weighted by atomic mass is 9.76. The molecule has 0 amide bonds. The number of alkyl halides is 3. The molecule has 4 rings (SSSR count). The second-order valence-corrected chi connectivity index (χ2v) is 10.1. The van der Waals surface area contributed by atoms with Crippen molar-refractivity contribution in [2.75, 3.05) is 14.2 Å². The average molecular weight is 566 g/mol. The number of nitrogens with zero attached hydrogens (tertiary/aromatic N) is 1. The van der Waals surface area contributed by atoms with E-state index >= 15 is 0 Å². The van der Waals surface area contributed by atoms with E-state index in [1.54, 1.807) is 13.0 Å². The summed E-state index contributed by atoms with van der Waals surface area (Å²) in [5, 5.41) is 0. The van der Waals surface area contributed by atoms with Crippen molar-refractivity contribution in [3.8, 4) is 11.5 Å². The van der Waals surface area contributed by atoms with Gasteiger partial charge in [-0.25, -0.2) is 4.39 Å². The molecule has 10 heteroatoms. The minimum Gasteiger partial charge on any atom is -0.493 e. The summed E-state index contributed by atoms with van der Waals surface area (Å²) in [5.41, 5.74) is -0.417. The number of hydrogen-bond acceptors (Lipinski definition) is 5. The Bertz CT molecular complexity index is 1350. The summed E-state index contributed by atoms with van der Waals surface area (Å²) in [6.07, 6.45) is -6.49. The number of aromatic nitrogens is 1. The summed E-state index contributed by atoms with van der Waals surface area (Å²) in [6.45, 7) is 6.04. The molecule has 0 saturated carbocycles. The maximum Gasteiger partial charge on any atom is 0.417 e. The quantitative estimate of drug-likeness (QED) is 0.261. The van der Waals surface area contributed by atoms with Crippen molar-refractivity contribution < 1.29 is 40.9 Å². The number of ether oxygens (including phenoxy) is 4. The molecule has 0 bridgehead atoms. The first-order valence-electron chi connectivity index (χ1n) is 12.8. The smallest absolute Gasteiger partial charge is 0.417 e. The van der Waals surface area contributed by atoms with E-state index in [9.17, 15) is 22.0 Å². The lowest BCUT2D eigenvalue weighted by Gasteiger charge is -2.32. The normalized spacial score (nSPS) is 23.7. The number of halogens is 5. The van der Waals surface area contributed by atoms with Crippen LogP contribution in [0.4, 0.5) is 22.0 Å². The molecule has 5 nitrogen and oxygen atoms in total. The predicted molar refractivity (Wildman–Crippen MR) is 138 cm³/mol. The molecule has 1 aromatic heterocycles. The van der Waals surface area contributed by atoms with Gasteiger partial charge in [-0.2, -0.15) is 17.6 Å². The maximum atomic E-state index is 14.8. The van der Waals surface area contributed by atoms with Crippen molar-refractivity contribution in [2.45, 2.75) is 64.2 Å². The predicted octanol–water partition coefficient (Wildman–Crippen LogP) is 7.78. The number of benzene rings is 2. The number of aryl methyl sites for hydroxylation is 1. The van der Waals surface area contributed by atoms with Crippen LogP contribution in [0.25, 0.3) is 0 Å². The third-order valence-corrected chi connectivity index (χ3v) is 7.83. The highest BCUT2D eigenvalue weighted by Crippen LogP contribution is 2.59. The Balaban J connectivity index is 1.88. The second kappa shape index (κ2) is 11.3. The molecule has 1 aliphatic rings. The molecular formula is C30H32F5NO4. The monoisotopic (exact) mass is 565 g/mol. The number of rotatable bonds is 8. The summed E-state index contributed by atoms with van der Waals surface area (Å²) in [7, 11) is 2.67. The van der Waals surface area contributed by atoms with Gasteiger partial charge < -0.3 is 18.9 Å². The van der Waals surface area contributed by atoms with E-state index in [1.807, 2.05) is 37.3 Å². The average Bonchev–Trinajstić information content (AvgIpc) is 3.20. The van der Waals surface area contributed by atoms with Gasteiger partial charge in [0.15, 0.2) is 17.2 Å². The van der Waals surface area contributed by atoms with Crippen molar-refractivity contribution >= 4 is 0 Å². The topological polar surface area (TPSA) is 49.8 Å². The highest BCUT2D eigenvalue weighted by molar-refractivity contribution is 5.45. The van der Waals surface area contributed by atoms with Crippen LogP contribution in [-0.4, -0.2) is 31.0 Å². The Morgan fingerprint density at radius 2 is 1.75 bits per heavy atom. The maximum absolute atomic E-state index is 14.8. The van der Waals surface area contributed by atoms with E-state index in [2.05, 4.69) is 4.98 Å². The first-order valence-corrected chi connectivity index (χ1v) is 12.8. The van der Waals surface area contributed by atoms with Crippen LogP contribution in [0.3, 0.4) is 0 Å². The third-order valence-electron chi connectivity index (χ3n) is 7.83. The van der Waals surface area contributed by atoms with Crippen LogP contribution >= 0.6 is 0 Å². The fourth-order valence-corrected chi connectivity index (χ4v) is 5.36. The van der Waals surface area contributed by atoms with E-state index in [-0.39, 0.29) is 17.9 Å². The standard InChI is InChI=1S/C30H32F5NO4/c1-16-24(20-12-13-21(31)26(32)27(20)38-6)28(40-29(16,4)30(33,34)35)22-14-23(25(17(2)36-22)18(3)37-5)39-15-19-10-8-7-9-11-19/h7-14,16,18,24,28H,15H2,1-6H3/t16-,18?,24-,28-,29+/m0/s1. The molecular weight excluding hydrogens is 533 g/mol. The first-order chi connectivity index (χ1) is 18.8. The van der Waals surface area contributed by atoms with Gasteiger partial charge >= 0.3 is 6.18 Å². The zero-order valence-electron chi connectivity index (χ0n) is 23.1. The Morgan fingerprint density at radius 3 is 2.35 bits per heavy atom. The number of pyridine rings is 1. The molecule has 40 heavy (non-hydrogen) atoms. The Morgan fingerprint density at radius 1 is 1.07 bits per heavy atom. The molecule has 1 unspecified atom stereocenters. The Kier molecular flexibility index (Phi) is 8.42. The number of hydrogen-bond donors (Lipinski definition) is 0. The van der Waals surface area contributed by atoms with Crippen molar-refractivity contribution in [3.63, 3.8) is 0 Å². The van der Waals surface area contributed by atoms with Crippen molar-refractivity contribution in [1.29, 1.82) is 0 Å². The van der Waals surface area contributed by atoms with E-state index in [0.29, 0.717) is 17.0 Å². The first kappa shape index (κ1) is 29.7. The lowest BCUT2D eigenvalue weighted by molar-refractivity contribution is -0.275. The molecule has 216 valence electrons. The molecule has 1 fully saturated rings. The summed E-state index contributed by atoms with van der Waals surface area (Å²) in [5.74, 6) is -4.87. The van der Waals surface area contributed by atoms with Crippen molar-refractivity contribution in [1.82, 2.24) is 4.98 Å². The lowest BCUT2D eigenvalue weighted by Crippen LogP contribution is -2.46. The van der Waals surface area contributed by atoms with Gasteiger partial charge in [0.2, 0.25) is 5.82 Å². The molecule has 1 saturated heterocycles. The van der Waals surface area contributed by atoms with E-state index in [0.717, 1.165) is 25.7 Å². The van der Waals surface area contributed by atoms with Crippen molar-refractivity contribution in [3.05, 3.63) is 88.2 Å². The van der Waals surface area contributed by atoms with Crippen LogP contribution in [0, 0.1) is 24.5 Å². The van der Waals surface area contributed by atoms with Crippen LogP contribution in [0.15, 0.2) is 48.5 Å². The van der Waals surface area contributed by atoms with Crippen LogP contribution in [0.5, 0.6) is 11.5 Å². The molecule has 2 aromatic carbocycles. The van der Waals surface area contributed by atoms with Crippen LogP contribution in [-0.2, 0) is 16.1 Å². The largest absolute Gasteiger partial charge is 0.493 e. The molecule has 0 N–H and O–H groups in total. The summed E-state index contributed by atoms with van der Waals surface area (Å²) in [6, 6.07) is 13.0. The fourth-order valence-electron chi connectivity index (χ4n) is 5.36. The minimum atomic E-state index is -4.77. The Labute approximate surface area is 230 Å². The summed E-state index contributed by atoms with van der Waals surface area (Å²) < 4.78 is 94.7. The van der Waals surface area contributed by atoms with Crippen LogP contribution < -0.4 is 9.47 Å². The van der Waals surface area contributed by atoms with Gasteiger partial charge in [0.1, 0.15) is 18.5 Å². The van der Waals surface area contributed by atoms with E-state index in [1.165, 1.54) is 20.1 Å². The molecule has 0 spiro atoms. The third kappa shape index (κ3) is 5.26. The van der Waals surface area contributed by atoms with Gasteiger partial charge in [0.05, 0.1) is 18.9 Å². The van der Waals surface area contributed by atoms with Gasteiger partial charge in [-0.3, -0.25) is 4.98 Å². The molecule has 5 atom stereocenters. The van der Waals surface area contributed by atoms with Gasteiger partial charge in [0.25, 0.3) is 0 Å². The van der Waals surface area contributed by atoms with Gasteiger partial charge in [0, 0.05) is 41.8 Å². The number of methoxy groups -OCH3 is 2. The van der Waals surface area contributed by atoms with Crippen LogP contribution in [0.1, 0.15) is 67.0 Å². The SMILES string of the molecule is COc1c([C@H]2[C@H](c3cc(OCc4ccccc4)c(C(C)OC)c(C)n3)O[C@@](C)(C(F)(F)F)[C@H]2C)ccc(F)c1F. The highest BCUT2D eigenvalue weighted by Gasteiger charge is 2.65. The molecule has 0 radical (unpaired) electrons. The van der Waals surface area contributed by atoms with Gasteiger partial charge in [-0.1, -0.05) is 43.3 Å². The zero-order valence-corrected chi connectivity index (χ0v) is 23.1. The summed E-state index contributed by atoms with van der Waals surface area (Å²) >= 11 is 0. The van der Waals surface area contributed by atoms with Crippen LogP contribution in [0.2, 0.25) is 0 Å². The van der Waals surface area contributed by atoms with Crippen molar-refractivity contribution in [2.24, 2.45) is 5.92 Å². The summed E-state index contributed by atoms with van der Waals surface area (Å²) in [4.78, 5) is 4.63.